The summed E-state index contributed by atoms with van der Waals surface area (Å²) in [4.78, 5) is 49.4. The molecule has 1 fully saturated rings. The van der Waals surface area contributed by atoms with Crippen molar-refractivity contribution in [3.63, 3.8) is 0 Å². The van der Waals surface area contributed by atoms with E-state index < -0.39 is 24.1 Å². The predicted molar refractivity (Wildman–Crippen MR) is 134 cm³/mol. The Morgan fingerprint density at radius 1 is 1.16 bits per heavy atom. The summed E-state index contributed by atoms with van der Waals surface area (Å²) in [5.41, 5.74) is 2.09. The standard InChI is InChI=1S/C21H25N5O2.C4H6O6/c1-2-10-25-20-17(23-18(24-20)16-9-6-11-28-16)19-22-15(13-26(19)21(25)27)12-14-7-4-3-5-8-14;5-1(3(7)8)2(6)4(9)10/h3-5,7-8,15-16H,2,6,9-13H2,1H3,(H,23,24);1-2,5-6H,(H,7,8)(H,9,10). The summed E-state index contributed by atoms with van der Waals surface area (Å²) < 4.78 is 5.80. The van der Waals surface area contributed by atoms with E-state index in [1.165, 1.54) is 5.56 Å². The van der Waals surface area contributed by atoms with Crippen LogP contribution in [0.3, 0.4) is 0 Å². The molecule has 1 aromatic carbocycles. The maximum atomic E-state index is 13.2. The Kier molecular flexibility index (Phi) is 8.39. The molecule has 5 N–H and O–H groups in total. The molecule has 4 heterocycles. The van der Waals surface area contributed by atoms with Crippen molar-refractivity contribution in [2.45, 2.75) is 57.0 Å². The van der Waals surface area contributed by atoms with Gasteiger partial charge in [0.2, 0.25) is 0 Å². The molecule has 0 spiro atoms. The van der Waals surface area contributed by atoms with Crippen molar-refractivity contribution in [2.24, 2.45) is 4.99 Å². The van der Waals surface area contributed by atoms with E-state index in [4.69, 9.17) is 35.1 Å². The summed E-state index contributed by atoms with van der Waals surface area (Å²) in [7, 11) is 0. The SMILES string of the molecule is CCCN1C(=O)N2CC(Cc3ccccc3)N=C2c2[nH]c(C3CCCO3)nc21.O=C(O)C(O)C(O)C(=O)O. The van der Waals surface area contributed by atoms with Crippen LogP contribution in [0.1, 0.15) is 49.4 Å². The number of carboxylic acids is 2. The quantitative estimate of drug-likeness (QED) is 0.334. The van der Waals surface area contributed by atoms with Gasteiger partial charge in [0.25, 0.3) is 0 Å². The van der Waals surface area contributed by atoms with Crippen LogP contribution in [-0.2, 0) is 20.7 Å². The minimum absolute atomic E-state index is 0.0141. The summed E-state index contributed by atoms with van der Waals surface area (Å²) >= 11 is 0. The highest BCUT2D eigenvalue weighted by Gasteiger charge is 2.43. The van der Waals surface area contributed by atoms with Crippen molar-refractivity contribution in [1.29, 1.82) is 0 Å². The van der Waals surface area contributed by atoms with Gasteiger partial charge >= 0.3 is 18.0 Å². The smallest absolute Gasteiger partial charge is 0.335 e. The number of aliphatic imine (C=N–C) groups is 1. The largest absolute Gasteiger partial charge is 0.479 e. The van der Waals surface area contributed by atoms with Gasteiger partial charge in [0.1, 0.15) is 17.6 Å². The van der Waals surface area contributed by atoms with E-state index in [1.54, 1.807) is 4.90 Å². The van der Waals surface area contributed by atoms with Gasteiger partial charge in [0, 0.05) is 13.2 Å². The molecular formula is C25H31N5O8. The molecule has 0 bridgehead atoms. The number of nitrogens with one attached hydrogen (secondary N) is 1. The number of aromatic nitrogens is 2. The molecule has 4 atom stereocenters. The second kappa shape index (κ2) is 11.7. The number of imidazole rings is 1. The van der Waals surface area contributed by atoms with Gasteiger partial charge in [-0.05, 0) is 31.2 Å². The highest BCUT2D eigenvalue weighted by Crippen LogP contribution is 2.35. The molecule has 0 radical (unpaired) electrons. The monoisotopic (exact) mass is 529 g/mol. The van der Waals surface area contributed by atoms with Crippen LogP contribution in [0.5, 0.6) is 0 Å². The normalized spacial score (nSPS) is 21.7. The summed E-state index contributed by atoms with van der Waals surface area (Å²) in [6.45, 7) is 4.10. The van der Waals surface area contributed by atoms with Crippen molar-refractivity contribution in [1.82, 2.24) is 14.9 Å². The molecule has 13 nitrogen and oxygen atoms in total. The van der Waals surface area contributed by atoms with Crippen LogP contribution >= 0.6 is 0 Å². The molecule has 1 saturated heterocycles. The number of fused-ring (bicyclic) bond motifs is 3. The second-order valence-electron chi connectivity index (χ2n) is 9.23. The van der Waals surface area contributed by atoms with Crippen LogP contribution in [0.25, 0.3) is 0 Å². The Bertz CT molecular complexity index is 1180. The molecule has 2 aromatic rings. The molecule has 3 aliphatic rings. The molecule has 204 valence electrons. The lowest BCUT2D eigenvalue weighted by Gasteiger charge is -2.32. The molecule has 38 heavy (non-hydrogen) atoms. The van der Waals surface area contributed by atoms with Crippen molar-refractivity contribution in [2.75, 3.05) is 24.6 Å². The number of carbonyl (C=O) groups excluding carboxylic acids is 1. The molecule has 5 rings (SSSR count). The van der Waals surface area contributed by atoms with Crippen LogP contribution < -0.4 is 4.90 Å². The first-order chi connectivity index (χ1) is 18.2. The number of hydrogen-bond donors (Lipinski definition) is 5. The Hall–Kier alpha value is -3.81. The maximum absolute atomic E-state index is 13.2. The summed E-state index contributed by atoms with van der Waals surface area (Å²) in [6, 6.07) is 10.4. The zero-order valence-corrected chi connectivity index (χ0v) is 20.9. The molecule has 2 amide bonds. The Morgan fingerprint density at radius 2 is 1.84 bits per heavy atom. The average Bonchev–Trinajstić information content (AvgIpc) is 3.66. The van der Waals surface area contributed by atoms with Crippen LogP contribution in [0.4, 0.5) is 10.6 Å². The van der Waals surface area contributed by atoms with E-state index in [-0.39, 0.29) is 18.2 Å². The topological polar surface area (TPSA) is 189 Å². The highest BCUT2D eigenvalue weighted by atomic mass is 16.5. The third-order valence-corrected chi connectivity index (χ3v) is 6.40. The van der Waals surface area contributed by atoms with E-state index in [2.05, 4.69) is 24.0 Å². The number of anilines is 1. The minimum atomic E-state index is -2.27. The molecule has 0 saturated carbocycles. The van der Waals surface area contributed by atoms with Crippen molar-refractivity contribution in [3.8, 4) is 0 Å². The van der Waals surface area contributed by atoms with Crippen molar-refractivity contribution >= 4 is 29.6 Å². The van der Waals surface area contributed by atoms with Crippen LogP contribution in [0.2, 0.25) is 0 Å². The molecule has 1 aromatic heterocycles. The number of hydrogen-bond acceptors (Lipinski definition) is 8. The average molecular weight is 530 g/mol. The first kappa shape index (κ1) is 27.2. The van der Waals surface area contributed by atoms with E-state index in [1.807, 2.05) is 23.1 Å². The lowest BCUT2D eigenvalue weighted by molar-refractivity contribution is -0.165. The third-order valence-electron chi connectivity index (χ3n) is 6.40. The predicted octanol–water partition coefficient (Wildman–Crippen LogP) is 1.16. The number of benzene rings is 1. The highest BCUT2D eigenvalue weighted by molar-refractivity contribution is 6.18. The number of aliphatic hydroxyl groups excluding tert-OH is 2. The minimum Gasteiger partial charge on any atom is -0.479 e. The van der Waals surface area contributed by atoms with E-state index in [9.17, 15) is 14.4 Å². The molecule has 13 heteroatoms. The molecular weight excluding hydrogens is 498 g/mol. The van der Waals surface area contributed by atoms with Crippen LogP contribution in [0.15, 0.2) is 35.3 Å². The van der Waals surface area contributed by atoms with E-state index >= 15 is 0 Å². The fraction of sp³-hybridized carbons (Fsp3) is 0.480. The van der Waals surface area contributed by atoms with Gasteiger partial charge < -0.3 is 30.1 Å². The summed E-state index contributed by atoms with van der Waals surface area (Å²) in [5, 5.41) is 32.5. The Balaban J connectivity index is 0.000000289. The number of amides is 2. The van der Waals surface area contributed by atoms with Crippen LogP contribution in [0, 0.1) is 0 Å². The number of amidine groups is 1. The number of aliphatic hydroxyl groups is 2. The van der Waals surface area contributed by atoms with Gasteiger partial charge in [-0.1, -0.05) is 37.3 Å². The number of rotatable bonds is 8. The van der Waals surface area contributed by atoms with Gasteiger partial charge in [-0.15, -0.1) is 0 Å². The number of urea groups is 1. The fourth-order valence-corrected chi connectivity index (χ4v) is 4.56. The van der Waals surface area contributed by atoms with Gasteiger partial charge in [-0.3, -0.25) is 14.8 Å². The molecule has 0 aliphatic carbocycles. The van der Waals surface area contributed by atoms with E-state index in [0.717, 1.165) is 49.6 Å². The van der Waals surface area contributed by atoms with Gasteiger partial charge in [-0.25, -0.2) is 19.4 Å². The molecule has 3 aliphatic heterocycles. The van der Waals surface area contributed by atoms with Gasteiger partial charge in [0.05, 0.1) is 12.6 Å². The number of aliphatic carboxylic acids is 2. The number of nitrogens with zero attached hydrogens (tertiary/aromatic N) is 4. The third kappa shape index (κ3) is 5.69. The number of ether oxygens (including phenoxy) is 1. The van der Waals surface area contributed by atoms with Crippen molar-refractivity contribution < 1.29 is 39.5 Å². The lowest BCUT2D eigenvalue weighted by atomic mass is 10.1. The van der Waals surface area contributed by atoms with Gasteiger partial charge in [0.15, 0.2) is 23.9 Å². The summed E-state index contributed by atoms with van der Waals surface area (Å²) in [6.07, 6.45) is -0.846. The fourth-order valence-electron chi connectivity index (χ4n) is 4.56. The maximum Gasteiger partial charge on any atom is 0.335 e. The number of carbonyl (C=O) groups is 3. The number of aromatic amines is 1. The number of carboxylic acid groups (broad SMARTS) is 2. The summed E-state index contributed by atoms with van der Waals surface area (Å²) in [5.74, 6) is -1.30. The Labute approximate surface area is 218 Å². The van der Waals surface area contributed by atoms with Gasteiger partial charge in [-0.2, -0.15) is 0 Å². The van der Waals surface area contributed by atoms with E-state index in [0.29, 0.717) is 18.9 Å². The zero-order valence-electron chi connectivity index (χ0n) is 20.9. The zero-order chi connectivity index (χ0) is 27.4. The second-order valence-corrected chi connectivity index (χ2v) is 9.23. The Morgan fingerprint density at radius 3 is 2.42 bits per heavy atom. The first-order valence-electron chi connectivity index (χ1n) is 12.5. The first-order valence-corrected chi connectivity index (χ1v) is 12.5. The van der Waals surface area contributed by atoms with Crippen LogP contribution in [-0.4, -0.2) is 97.0 Å². The number of H-pyrrole nitrogens is 1. The molecule has 4 unspecified atom stereocenters. The lowest BCUT2D eigenvalue weighted by Crippen LogP contribution is -2.50. The van der Waals surface area contributed by atoms with Crippen molar-refractivity contribution in [3.05, 3.63) is 47.4 Å².